The van der Waals surface area contributed by atoms with Crippen LogP contribution in [0.2, 0.25) is 5.02 Å². The third kappa shape index (κ3) is 4.33. The maximum atomic E-state index is 12.0. The van der Waals surface area contributed by atoms with Gasteiger partial charge in [-0.05, 0) is 36.2 Å². The first-order valence-electron chi connectivity index (χ1n) is 6.95. The SMILES string of the molecule is CNC(=O)c1ccccc1NC(=O)CCc1ccc(Cl)cc1. The van der Waals surface area contributed by atoms with Gasteiger partial charge in [-0.1, -0.05) is 35.9 Å². The predicted molar refractivity (Wildman–Crippen MR) is 88.2 cm³/mol. The van der Waals surface area contributed by atoms with Crippen LogP contribution in [0.3, 0.4) is 0 Å². The van der Waals surface area contributed by atoms with Gasteiger partial charge in [0.1, 0.15) is 0 Å². The summed E-state index contributed by atoms with van der Waals surface area (Å²) in [5, 5.41) is 6.01. The van der Waals surface area contributed by atoms with Crippen LogP contribution in [0.15, 0.2) is 48.5 Å². The lowest BCUT2D eigenvalue weighted by Gasteiger charge is -2.10. The summed E-state index contributed by atoms with van der Waals surface area (Å²) in [6.07, 6.45) is 0.953. The van der Waals surface area contributed by atoms with Gasteiger partial charge < -0.3 is 10.6 Å². The first-order valence-corrected chi connectivity index (χ1v) is 7.33. The van der Waals surface area contributed by atoms with Crippen molar-refractivity contribution in [3.8, 4) is 0 Å². The summed E-state index contributed by atoms with van der Waals surface area (Å²) >= 11 is 5.83. The molecule has 2 aromatic carbocycles. The second-order valence-electron chi connectivity index (χ2n) is 4.80. The molecule has 4 nitrogen and oxygen atoms in total. The lowest BCUT2D eigenvalue weighted by atomic mass is 10.1. The highest BCUT2D eigenvalue weighted by atomic mass is 35.5. The van der Waals surface area contributed by atoms with Crippen molar-refractivity contribution in [2.24, 2.45) is 0 Å². The third-order valence-corrected chi connectivity index (χ3v) is 3.48. The van der Waals surface area contributed by atoms with E-state index < -0.39 is 0 Å². The van der Waals surface area contributed by atoms with Gasteiger partial charge in [-0.15, -0.1) is 0 Å². The Hall–Kier alpha value is -2.33. The molecule has 0 fully saturated rings. The molecule has 0 heterocycles. The molecule has 0 atom stereocenters. The summed E-state index contributed by atoms with van der Waals surface area (Å²) in [6, 6.07) is 14.3. The number of aryl methyl sites for hydroxylation is 1. The number of amides is 2. The van der Waals surface area contributed by atoms with E-state index in [1.807, 2.05) is 12.1 Å². The van der Waals surface area contributed by atoms with E-state index in [0.29, 0.717) is 29.1 Å². The second-order valence-corrected chi connectivity index (χ2v) is 5.24. The number of para-hydroxylation sites is 1. The van der Waals surface area contributed by atoms with Gasteiger partial charge in [0, 0.05) is 18.5 Å². The highest BCUT2D eigenvalue weighted by Crippen LogP contribution is 2.16. The van der Waals surface area contributed by atoms with E-state index in [2.05, 4.69) is 10.6 Å². The Morgan fingerprint density at radius 3 is 2.41 bits per heavy atom. The Kier molecular flexibility index (Phi) is 5.55. The normalized spacial score (nSPS) is 10.1. The van der Waals surface area contributed by atoms with Crippen molar-refractivity contribution in [1.29, 1.82) is 0 Å². The molecule has 0 aromatic heterocycles. The van der Waals surface area contributed by atoms with Crippen molar-refractivity contribution in [2.45, 2.75) is 12.8 Å². The lowest BCUT2D eigenvalue weighted by Crippen LogP contribution is -2.21. The number of rotatable bonds is 5. The standard InChI is InChI=1S/C17H17ClN2O2/c1-19-17(22)14-4-2-3-5-15(14)20-16(21)11-8-12-6-9-13(18)10-7-12/h2-7,9-10H,8,11H2,1H3,(H,19,22)(H,20,21). The Morgan fingerprint density at radius 1 is 1.05 bits per heavy atom. The average Bonchev–Trinajstić information content (AvgIpc) is 2.54. The van der Waals surface area contributed by atoms with Crippen molar-refractivity contribution in [3.05, 3.63) is 64.7 Å². The van der Waals surface area contributed by atoms with E-state index >= 15 is 0 Å². The minimum Gasteiger partial charge on any atom is -0.355 e. The van der Waals surface area contributed by atoms with Crippen molar-refractivity contribution in [1.82, 2.24) is 5.32 Å². The van der Waals surface area contributed by atoms with E-state index in [0.717, 1.165) is 5.56 Å². The molecule has 2 rings (SSSR count). The van der Waals surface area contributed by atoms with Gasteiger partial charge in [0.25, 0.3) is 5.91 Å². The van der Waals surface area contributed by atoms with Crippen molar-refractivity contribution < 1.29 is 9.59 Å². The molecule has 0 saturated carbocycles. The summed E-state index contributed by atoms with van der Waals surface area (Å²) in [5.41, 5.74) is 2.01. The number of hydrogen-bond acceptors (Lipinski definition) is 2. The zero-order valence-corrected chi connectivity index (χ0v) is 13.0. The largest absolute Gasteiger partial charge is 0.355 e. The topological polar surface area (TPSA) is 58.2 Å². The van der Waals surface area contributed by atoms with Gasteiger partial charge in [0.15, 0.2) is 0 Å². The number of carbonyl (C=O) groups excluding carboxylic acids is 2. The number of benzene rings is 2. The number of halogens is 1. The van der Waals surface area contributed by atoms with Crippen LogP contribution >= 0.6 is 11.6 Å². The molecule has 2 N–H and O–H groups in total. The van der Waals surface area contributed by atoms with E-state index in [1.54, 1.807) is 43.4 Å². The van der Waals surface area contributed by atoms with E-state index in [9.17, 15) is 9.59 Å². The van der Waals surface area contributed by atoms with Crippen LogP contribution in [0.4, 0.5) is 5.69 Å². The number of carbonyl (C=O) groups is 2. The molecule has 2 amide bonds. The maximum absolute atomic E-state index is 12.0. The first-order chi connectivity index (χ1) is 10.6. The molecule has 0 aliphatic heterocycles. The van der Waals surface area contributed by atoms with Crippen LogP contribution in [0.1, 0.15) is 22.3 Å². The summed E-state index contributed by atoms with van der Waals surface area (Å²) < 4.78 is 0. The van der Waals surface area contributed by atoms with Gasteiger partial charge in [-0.25, -0.2) is 0 Å². The quantitative estimate of drug-likeness (QED) is 0.889. The van der Waals surface area contributed by atoms with Crippen molar-refractivity contribution >= 4 is 29.1 Å². The lowest BCUT2D eigenvalue weighted by molar-refractivity contribution is -0.116. The fourth-order valence-corrected chi connectivity index (χ4v) is 2.17. The van der Waals surface area contributed by atoms with E-state index in [4.69, 9.17) is 11.6 Å². The van der Waals surface area contributed by atoms with Crippen LogP contribution in [0, 0.1) is 0 Å². The molecule has 0 spiro atoms. The minimum absolute atomic E-state index is 0.133. The van der Waals surface area contributed by atoms with E-state index in [1.165, 1.54) is 0 Å². The minimum atomic E-state index is -0.228. The average molecular weight is 317 g/mol. The molecular formula is C17H17ClN2O2. The molecular weight excluding hydrogens is 300 g/mol. The Morgan fingerprint density at radius 2 is 1.73 bits per heavy atom. The Bertz CT molecular complexity index is 669. The first kappa shape index (κ1) is 16.0. The van der Waals surface area contributed by atoms with Gasteiger partial charge in [0.05, 0.1) is 11.3 Å². The molecule has 5 heteroatoms. The zero-order valence-electron chi connectivity index (χ0n) is 12.2. The van der Waals surface area contributed by atoms with Gasteiger partial charge in [-0.3, -0.25) is 9.59 Å². The smallest absolute Gasteiger partial charge is 0.253 e. The highest BCUT2D eigenvalue weighted by Gasteiger charge is 2.11. The summed E-state index contributed by atoms with van der Waals surface area (Å²) in [7, 11) is 1.56. The van der Waals surface area contributed by atoms with E-state index in [-0.39, 0.29) is 11.8 Å². The zero-order chi connectivity index (χ0) is 15.9. The summed E-state index contributed by atoms with van der Waals surface area (Å²) in [6.45, 7) is 0. The van der Waals surface area contributed by atoms with Gasteiger partial charge in [-0.2, -0.15) is 0 Å². The van der Waals surface area contributed by atoms with Crippen LogP contribution in [0.25, 0.3) is 0 Å². The number of hydrogen-bond donors (Lipinski definition) is 2. The van der Waals surface area contributed by atoms with Crippen molar-refractivity contribution in [2.75, 3.05) is 12.4 Å². The third-order valence-electron chi connectivity index (χ3n) is 3.23. The number of nitrogens with one attached hydrogen (secondary N) is 2. The fourth-order valence-electron chi connectivity index (χ4n) is 2.05. The molecule has 0 aliphatic carbocycles. The van der Waals surface area contributed by atoms with Crippen molar-refractivity contribution in [3.63, 3.8) is 0 Å². The monoisotopic (exact) mass is 316 g/mol. The van der Waals surface area contributed by atoms with Crippen LogP contribution in [-0.4, -0.2) is 18.9 Å². The molecule has 22 heavy (non-hydrogen) atoms. The Labute approximate surface area is 134 Å². The summed E-state index contributed by atoms with van der Waals surface area (Å²) in [4.78, 5) is 23.8. The van der Waals surface area contributed by atoms with Crippen LogP contribution in [0.5, 0.6) is 0 Å². The second kappa shape index (κ2) is 7.61. The molecule has 0 radical (unpaired) electrons. The fraction of sp³-hybridized carbons (Fsp3) is 0.176. The van der Waals surface area contributed by atoms with Crippen LogP contribution in [-0.2, 0) is 11.2 Å². The van der Waals surface area contributed by atoms with Gasteiger partial charge >= 0.3 is 0 Å². The predicted octanol–water partition coefficient (Wildman–Crippen LogP) is 3.27. The molecule has 0 saturated heterocycles. The van der Waals surface area contributed by atoms with Crippen LogP contribution < -0.4 is 10.6 Å². The Balaban J connectivity index is 1.97. The molecule has 114 valence electrons. The molecule has 0 bridgehead atoms. The summed E-state index contributed by atoms with van der Waals surface area (Å²) in [5.74, 6) is -0.361. The number of anilines is 1. The maximum Gasteiger partial charge on any atom is 0.253 e. The molecule has 2 aromatic rings. The molecule has 0 unspecified atom stereocenters. The molecule has 0 aliphatic rings. The highest BCUT2D eigenvalue weighted by molar-refractivity contribution is 6.30. The van der Waals surface area contributed by atoms with Gasteiger partial charge in [0.2, 0.25) is 5.91 Å².